The van der Waals surface area contributed by atoms with Crippen LogP contribution in [0, 0.1) is 23.2 Å². The first-order chi connectivity index (χ1) is 19.5. The zero-order chi connectivity index (χ0) is 28.1. The fraction of sp³-hybridized carbons (Fsp3) is 0.485. The number of anilines is 1. The molecule has 0 aliphatic heterocycles. The number of aromatic nitrogens is 2. The van der Waals surface area contributed by atoms with Gasteiger partial charge in [-0.2, -0.15) is 10.4 Å². The number of nitriles is 1. The first kappa shape index (κ1) is 27.9. The van der Waals surface area contributed by atoms with Crippen LogP contribution in [0.25, 0.3) is 11.1 Å². The van der Waals surface area contributed by atoms with Gasteiger partial charge in [0.15, 0.2) is 0 Å². The number of aliphatic hydroxyl groups excluding tert-OH is 1. The summed E-state index contributed by atoms with van der Waals surface area (Å²) in [7, 11) is 1.59. The third-order valence-electron chi connectivity index (χ3n) is 8.86. The van der Waals surface area contributed by atoms with Gasteiger partial charge in [0.2, 0.25) is 5.91 Å². The van der Waals surface area contributed by atoms with E-state index in [2.05, 4.69) is 42.4 Å². The Morgan fingerprint density at radius 2 is 1.85 bits per heavy atom. The summed E-state index contributed by atoms with van der Waals surface area (Å²) in [6.45, 7) is 3.59. The maximum atomic E-state index is 14.0. The maximum Gasteiger partial charge on any atom is 0.230 e. The lowest BCUT2D eigenvalue weighted by Gasteiger charge is -2.36. The SMILES string of the molecule is CCn1cc(-c2cccc(N(CC3CCC(c4ccc(OC)c(C#N)c4)CC3)C(=O)C3CCC(O)CC3)c2)cn1. The molecule has 0 atom stereocenters. The van der Waals surface area contributed by atoms with Crippen LogP contribution < -0.4 is 9.64 Å². The minimum Gasteiger partial charge on any atom is -0.495 e. The molecular formula is C33H40N4O3. The fourth-order valence-electron chi connectivity index (χ4n) is 6.41. The zero-order valence-electron chi connectivity index (χ0n) is 23.6. The van der Waals surface area contributed by atoms with Crippen LogP contribution in [0.2, 0.25) is 0 Å². The molecule has 5 rings (SSSR count). The van der Waals surface area contributed by atoms with Crippen molar-refractivity contribution >= 4 is 11.6 Å². The van der Waals surface area contributed by atoms with Gasteiger partial charge in [0.25, 0.3) is 0 Å². The molecule has 210 valence electrons. The van der Waals surface area contributed by atoms with Crippen molar-refractivity contribution in [3.63, 3.8) is 0 Å². The Morgan fingerprint density at radius 3 is 2.52 bits per heavy atom. The van der Waals surface area contributed by atoms with Gasteiger partial charge in [-0.15, -0.1) is 0 Å². The number of hydrogen-bond donors (Lipinski definition) is 1. The molecule has 0 bridgehead atoms. The largest absolute Gasteiger partial charge is 0.495 e. The van der Waals surface area contributed by atoms with Gasteiger partial charge >= 0.3 is 0 Å². The molecule has 0 saturated heterocycles. The van der Waals surface area contributed by atoms with E-state index in [9.17, 15) is 15.2 Å². The van der Waals surface area contributed by atoms with Crippen molar-refractivity contribution in [2.24, 2.45) is 11.8 Å². The number of aryl methyl sites for hydroxylation is 1. The monoisotopic (exact) mass is 540 g/mol. The van der Waals surface area contributed by atoms with Gasteiger partial charge in [0.1, 0.15) is 11.8 Å². The van der Waals surface area contributed by atoms with E-state index in [0.29, 0.717) is 42.5 Å². The topological polar surface area (TPSA) is 91.4 Å². The van der Waals surface area contributed by atoms with Gasteiger partial charge in [-0.1, -0.05) is 18.2 Å². The van der Waals surface area contributed by atoms with E-state index in [4.69, 9.17) is 4.74 Å². The molecule has 0 spiro atoms. The minimum atomic E-state index is -0.286. The molecule has 3 aromatic rings. The van der Waals surface area contributed by atoms with E-state index in [1.54, 1.807) is 7.11 Å². The quantitative estimate of drug-likeness (QED) is 0.362. The van der Waals surface area contributed by atoms with E-state index in [1.807, 2.05) is 40.2 Å². The van der Waals surface area contributed by atoms with Gasteiger partial charge in [0, 0.05) is 36.5 Å². The second-order valence-electron chi connectivity index (χ2n) is 11.4. The van der Waals surface area contributed by atoms with E-state index in [1.165, 1.54) is 5.56 Å². The third-order valence-corrected chi connectivity index (χ3v) is 8.86. The Kier molecular flexibility index (Phi) is 8.86. The molecule has 1 aromatic heterocycles. The minimum absolute atomic E-state index is 0.0464. The van der Waals surface area contributed by atoms with E-state index in [-0.39, 0.29) is 17.9 Å². The lowest BCUT2D eigenvalue weighted by molar-refractivity contribution is -0.124. The number of benzene rings is 2. The number of rotatable bonds is 8. The van der Waals surface area contributed by atoms with Gasteiger partial charge in [-0.05, 0) is 106 Å². The van der Waals surface area contributed by atoms with Gasteiger partial charge < -0.3 is 14.7 Å². The van der Waals surface area contributed by atoms with E-state index in [0.717, 1.165) is 61.9 Å². The Bertz CT molecular complexity index is 1340. The Balaban J connectivity index is 1.33. The Morgan fingerprint density at radius 1 is 1.07 bits per heavy atom. The molecule has 2 aliphatic rings. The zero-order valence-corrected chi connectivity index (χ0v) is 23.6. The van der Waals surface area contributed by atoms with Crippen LogP contribution in [-0.4, -0.2) is 40.6 Å². The van der Waals surface area contributed by atoms with Crippen molar-refractivity contribution < 1.29 is 14.6 Å². The van der Waals surface area contributed by atoms with Gasteiger partial charge in [-0.25, -0.2) is 0 Å². The number of methoxy groups -OCH3 is 1. The van der Waals surface area contributed by atoms with Crippen molar-refractivity contribution in [3.05, 3.63) is 66.0 Å². The highest BCUT2D eigenvalue weighted by molar-refractivity contribution is 5.95. The number of hydrogen-bond acceptors (Lipinski definition) is 5. The van der Waals surface area contributed by atoms with Crippen LogP contribution >= 0.6 is 0 Å². The van der Waals surface area contributed by atoms with Crippen molar-refractivity contribution in [2.45, 2.75) is 76.9 Å². The number of ether oxygens (including phenoxy) is 1. The molecule has 7 heteroatoms. The maximum absolute atomic E-state index is 14.0. The highest BCUT2D eigenvalue weighted by atomic mass is 16.5. The molecule has 1 N–H and O–H groups in total. The van der Waals surface area contributed by atoms with Crippen LogP contribution in [0.4, 0.5) is 5.69 Å². The summed E-state index contributed by atoms with van der Waals surface area (Å²) in [5.41, 5.74) is 4.83. The summed E-state index contributed by atoms with van der Waals surface area (Å²) in [6.07, 6.45) is 10.7. The van der Waals surface area contributed by atoms with Crippen molar-refractivity contribution in [1.82, 2.24) is 9.78 Å². The molecule has 2 aliphatic carbocycles. The Labute approximate surface area is 237 Å². The summed E-state index contributed by atoms with van der Waals surface area (Å²) < 4.78 is 7.24. The Hall–Kier alpha value is -3.63. The molecule has 1 heterocycles. The smallest absolute Gasteiger partial charge is 0.230 e. The first-order valence-electron chi connectivity index (χ1n) is 14.7. The summed E-state index contributed by atoms with van der Waals surface area (Å²) in [4.78, 5) is 16.0. The van der Waals surface area contributed by atoms with Crippen LogP contribution in [0.3, 0.4) is 0 Å². The first-order valence-corrected chi connectivity index (χ1v) is 14.7. The van der Waals surface area contributed by atoms with Crippen LogP contribution in [0.1, 0.15) is 75.3 Å². The van der Waals surface area contributed by atoms with Gasteiger partial charge in [0.05, 0.1) is 25.0 Å². The third kappa shape index (κ3) is 6.23. The number of carbonyl (C=O) groups is 1. The van der Waals surface area contributed by atoms with E-state index >= 15 is 0 Å². The highest BCUT2D eigenvalue weighted by Gasteiger charge is 2.32. The van der Waals surface area contributed by atoms with Crippen molar-refractivity contribution in [1.29, 1.82) is 5.26 Å². The fourth-order valence-corrected chi connectivity index (χ4v) is 6.41. The molecule has 1 amide bonds. The molecule has 40 heavy (non-hydrogen) atoms. The van der Waals surface area contributed by atoms with Crippen molar-refractivity contribution in [3.8, 4) is 22.9 Å². The standard InChI is InChI=1S/C33H40N4O3/c1-3-36-22-29(20-35-36)26-5-4-6-30(18-26)37(33(39)25-11-14-31(38)15-12-25)21-23-7-9-24(10-8-23)27-13-16-32(40-2)28(17-27)19-34/h4-6,13,16-18,20,22-25,31,38H,3,7-12,14-15,21H2,1-2H3. The lowest BCUT2D eigenvalue weighted by Crippen LogP contribution is -2.41. The number of aliphatic hydroxyl groups is 1. The van der Waals surface area contributed by atoms with Crippen LogP contribution in [-0.2, 0) is 11.3 Å². The second-order valence-corrected chi connectivity index (χ2v) is 11.4. The molecular weight excluding hydrogens is 500 g/mol. The predicted octanol–water partition coefficient (Wildman–Crippen LogP) is 6.31. The van der Waals surface area contributed by atoms with E-state index < -0.39 is 0 Å². The van der Waals surface area contributed by atoms with Crippen LogP contribution in [0.5, 0.6) is 5.75 Å². The highest BCUT2D eigenvalue weighted by Crippen LogP contribution is 2.39. The average molecular weight is 541 g/mol. The van der Waals surface area contributed by atoms with Crippen LogP contribution in [0.15, 0.2) is 54.9 Å². The lowest BCUT2D eigenvalue weighted by atomic mass is 9.78. The molecule has 2 fully saturated rings. The molecule has 2 aromatic carbocycles. The number of carbonyl (C=O) groups excluding carboxylic acids is 1. The predicted molar refractivity (Wildman–Crippen MR) is 156 cm³/mol. The average Bonchev–Trinajstić information content (AvgIpc) is 3.49. The summed E-state index contributed by atoms with van der Waals surface area (Å²) in [5.74, 6) is 1.58. The summed E-state index contributed by atoms with van der Waals surface area (Å²) >= 11 is 0. The van der Waals surface area contributed by atoms with Gasteiger partial charge in [-0.3, -0.25) is 9.48 Å². The summed E-state index contributed by atoms with van der Waals surface area (Å²) in [6, 6.07) is 16.5. The normalized spacial score (nSPS) is 22.9. The second kappa shape index (κ2) is 12.7. The number of nitrogens with zero attached hydrogens (tertiary/aromatic N) is 4. The molecule has 2 saturated carbocycles. The molecule has 0 unspecified atom stereocenters. The molecule has 0 radical (unpaired) electrons. The number of amides is 1. The summed E-state index contributed by atoms with van der Waals surface area (Å²) in [5, 5.41) is 24.0. The van der Waals surface area contributed by atoms with Crippen molar-refractivity contribution in [2.75, 3.05) is 18.6 Å². The molecule has 7 nitrogen and oxygen atoms in total.